The number of carbonyl (C=O) groups excluding carboxylic acids is 2. The molecule has 1 aliphatic rings. The maximum Gasteiger partial charge on any atom is 0.416 e. The van der Waals surface area contributed by atoms with E-state index in [1.54, 1.807) is 18.2 Å². The largest absolute Gasteiger partial charge is 0.491 e. The zero-order valence-corrected chi connectivity index (χ0v) is 24.5. The Morgan fingerprint density at radius 3 is 2.43 bits per heavy atom. The molecule has 3 N–H and O–H groups in total. The molecule has 1 aliphatic heterocycles. The predicted molar refractivity (Wildman–Crippen MR) is 158 cm³/mol. The third kappa shape index (κ3) is 7.80. The van der Waals surface area contributed by atoms with Gasteiger partial charge in [0.05, 0.1) is 19.3 Å². The SMILES string of the molecule is COc1c(OCC2CCNCC2)ccc2c(Oc3ccc(NC(=O)C(=O)NCc4cc(F)cc(C(F)(F)F)c4)cc3F)ccnc12. The molecule has 1 saturated heterocycles. The Morgan fingerprint density at radius 1 is 0.957 bits per heavy atom. The third-order valence-electron chi connectivity index (χ3n) is 7.28. The second-order valence-corrected chi connectivity index (χ2v) is 10.5. The molecule has 0 aliphatic carbocycles. The van der Waals surface area contributed by atoms with Gasteiger partial charge in [-0.15, -0.1) is 0 Å². The smallest absolute Gasteiger partial charge is 0.416 e. The predicted octanol–water partition coefficient (Wildman–Crippen LogP) is 5.97. The fraction of sp³-hybridized carbons (Fsp3) is 0.281. The van der Waals surface area contributed by atoms with Crippen molar-refractivity contribution in [1.29, 1.82) is 0 Å². The molecular formula is C32H29F5N4O5. The van der Waals surface area contributed by atoms with E-state index < -0.39 is 41.7 Å². The fourth-order valence-corrected chi connectivity index (χ4v) is 4.95. The van der Waals surface area contributed by atoms with E-state index in [0.717, 1.165) is 38.1 Å². The first kappa shape index (κ1) is 32.4. The highest BCUT2D eigenvalue weighted by atomic mass is 19.4. The van der Waals surface area contributed by atoms with Crippen molar-refractivity contribution in [2.45, 2.75) is 25.6 Å². The lowest BCUT2D eigenvalue weighted by atomic mass is 9.99. The van der Waals surface area contributed by atoms with Gasteiger partial charge in [-0.1, -0.05) is 0 Å². The van der Waals surface area contributed by atoms with Crippen molar-refractivity contribution in [2.75, 3.05) is 32.1 Å². The number of alkyl halides is 3. The number of hydrogen-bond donors (Lipinski definition) is 3. The van der Waals surface area contributed by atoms with Crippen LogP contribution in [0.3, 0.4) is 0 Å². The van der Waals surface area contributed by atoms with Crippen LogP contribution in [0.25, 0.3) is 10.9 Å². The molecule has 5 rings (SSSR count). The number of nitrogens with one attached hydrogen (secondary N) is 3. The van der Waals surface area contributed by atoms with Crippen LogP contribution in [0.5, 0.6) is 23.0 Å². The fourth-order valence-electron chi connectivity index (χ4n) is 4.95. The molecule has 1 fully saturated rings. The Hall–Kier alpha value is -4.98. The Balaban J connectivity index is 1.23. The molecule has 46 heavy (non-hydrogen) atoms. The molecular weight excluding hydrogens is 615 g/mol. The number of rotatable bonds is 9. The summed E-state index contributed by atoms with van der Waals surface area (Å²) in [5.74, 6) is -3.02. The van der Waals surface area contributed by atoms with Crippen molar-refractivity contribution in [3.8, 4) is 23.0 Å². The van der Waals surface area contributed by atoms with E-state index in [4.69, 9.17) is 14.2 Å². The van der Waals surface area contributed by atoms with Crippen molar-refractivity contribution in [1.82, 2.24) is 15.6 Å². The number of ether oxygens (including phenoxy) is 3. The molecule has 4 aromatic rings. The van der Waals surface area contributed by atoms with E-state index in [9.17, 15) is 27.2 Å². The van der Waals surface area contributed by atoms with Gasteiger partial charge in [0.1, 0.15) is 17.1 Å². The number of amides is 2. The zero-order valence-electron chi connectivity index (χ0n) is 24.5. The van der Waals surface area contributed by atoms with Gasteiger partial charge in [-0.3, -0.25) is 14.6 Å². The number of benzene rings is 3. The summed E-state index contributed by atoms with van der Waals surface area (Å²) in [4.78, 5) is 28.9. The Bertz CT molecular complexity index is 1740. The summed E-state index contributed by atoms with van der Waals surface area (Å²) in [6, 6.07) is 10.3. The van der Waals surface area contributed by atoms with Gasteiger partial charge >= 0.3 is 18.0 Å². The molecule has 0 unspecified atom stereocenters. The van der Waals surface area contributed by atoms with Crippen molar-refractivity contribution >= 4 is 28.4 Å². The average Bonchev–Trinajstić information content (AvgIpc) is 3.03. The summed E-state index contributed by atoms with van der Waals surface area (Å²) in [6.07, 6.45) is -1.28. The summed E-state index contributed by atoms with van der Waals surface area (Å²) >= 11 is 0. The third-order valence-corrected chi connectivity index (χ3v) is 7.28. The minimum Gasteiger partial charge on any atom is -0.491 e. The summed E-state index contributed by atoms with van der Waals surface area (Å²) in [5.41, 5.74) is -1.08. The highest BCUT2D eigenvalue weighted by Crippen LogP contribution is 2.40. The lowest BCUT2D eigenvalue weighted by molar-refractivity contribution is -0.137. The van der Waals surface area contributed by atoms with Crippen molar-refractivity contribution in [2.24, 2.45) is 5.92 Å². The number of hydrogen-bond acceptors (Lipinski definition) is 7. The summed E-state index contributed by atoms with van der Waals surface area (Å²) < 4.78 is 84.9. The molecule has 0 atom stereocenters. The molecule has 3 aromatic carbocycles. The summed E-state index contributed by atoms with van der Waals surface area (Å²) in [6.45, 7) is 1.87. The van der Waals surface area contributed by atoms with E-state index in [2.05, 4.69) is 20.9 Å². The van der Waals surface area contributed by atoms with Gasteiger partial charge in [-0.05, 0) is 85.9 Å². The number of piperidine rings is 1. The van der Waals surface area contributed by atoms with Crippen LogP contribution in [0.2, 0.25) is 0 Å². The molecule has 0 radical (unpaired) electrons. The minimum absolute atomic E-state index is 0.0908. The van der Waals surface area contributed by atoms with Crippen LogP contribution in [-0.4, -0.2) is 43.6 Å². The Morgan fingerprint density at radius 2 is 1.72 bits per heavy atom. The number of methoxy groups -OCH3 is 1. The number of halogens is 5. The van der Waals surface area contributed by atoms with Crippen LogP contribution < -0.4 is 30.2 Å². The van der Waals surface area contributed by atoms with E-state index in [-0.39, 0.29) is 22.7 Å². The Labute approximate surface area is 260 Å². The number of fused-ring (bicyclic) bond motifs is 1. The van der Waals surface area contributed by atoms with Gasteiger partial charge in [0.2, 0.25) is 0 Å². The number of nitrogens with zero attached hydrogens (tertiary/aromatic N) is 1. The summed E-state index contributed by atoms with van der Waals surface area (Å²) in [7, 11) is 1.50. The van der Waals surface area contributed by atoms with Gasteiger partial charge in [0, 0.05) is 29.9 Å². The van der Waals surface area contributed by atoms with Crippen LogP contribution >= 0.6 is 0 Å². The first-order chi connectivity index (χ1) is 22.0. The van der Waals surface area contributed by atoms with Crippen LogP contribution in [-0.2, 0) is 22.3 Å². The van der Waals surface area contributed by atoms with Crippen molar-refractivity contribution < 1.29 is 45.8 Å². The van der Waals surface area contributed by atoms with Crippen molar-refractivity contribution in [3.63, 3.8) is 0 Å². The van der Waals surface area contributed by atoms with Gasteiger partial charge in [-0.25, -0.2) is 8.78 Å². The molecule has 9 nitrogen and oxygen atoms in total. The standard InChI is InChI=1S/C32H29F5N4O5/c1-44-29-27(45-17-18-6-9-38-10-7-18)5-3-23-25(8-11-39-28(23)29)46-26-4-2-22(15-24(26)34)41-31(43)30(42)40-16-19-12-20(32(35,36)37)14-21(33)13-19/h2-5,8,11-15,18,38H,6-7,9-10,16-17H2,1H3,(H,40,42)(H,41,43). The van der Waals surface area contributed by atoms with E-state index in [0.29, 0.717) is 47.1 Å². The number of anilines is 1. The minimum atomic E-state index is -4.79. The second kappa shape index (κ2) is 14.0. The first-order valence-corrected chi connectivity index (χ1v) is 14.2. The van der Waals surface area contributed by atoms with E-state index in [1.165, 1.54) is 25.4 Å². The second-order valence-electron chi connectivity index (χ2n) is 10.5. The zero-order chi connectivity index (χ0) is 32.8. The van der Waals surface area contributed by atoms with Crippen molar-refractivity contribution in [3.05, 3.63) is 83.6 Å². The van der Waals surface area contributed by atoms with Gasteiger partial charge in [-0.2, -0.15) is 13.2 Å². The maximum atomic E-state index is 15.0. The lowest BCUT2D eigenvalue weighted by Crippen LogP contribution is -2.35. The molecule has 2 heterocycles. The molecule has 0 spiro atoms. The number of pyridine rings is 1. The van der Waals surface area contributed by atoms with Gasteiger partial charge < -0.3 is 30.2 Å². The Kier molecular flexibility index (Phi) is 9.85. The monoisotopic (exact) mass is 644 g/mol. The molecule has 242 valence electrons. The topological polar surface area (TPSA) is 111 Å². The first-order valence-electron chi connectivity index (χ1n) is 14.2. The highest BCUT2D eigenvalue weighted by molar-refractivity contribution is 6.39. The van der Waals surface area contributed by atoms with Crippen LogP contribution in [0.4, 0.5) is 27.6 Å². The lowest BCUT2D eigenvalue weighted by Gasteiger charge is -2.23. The van der Waals surface area contributed by atoms with Gasteiger partial charge in [0.25, 0.3) is 0 Å². The van der Waals surface area contributed by atoms with Crippen LogP contribution in [0.1, 0.15) is 24.0 Å². The normalized spacial score (nSPS) is 13.7. The molecule has 2 amide bonds. The van der Waals surface area contributed by atoms with E-state index >= 15 is 4.39 Å². The quantitative estimate of drug-likeness (QED) is 0.152. The summed E-state index contributed by atoms with van der Waals surface area (Å²) in [5, 5.41) is 8.16. The maximum absolute atomic E-state index is 15.0. The van der Waals surface area contributed by atoms with E-state index in [1.807, 2.05) is 0 Å². The molecule has 14 heteroatoms. The highest BCUT2D eigenvalue weighted by Gasteiger charge is 2.31. The average molecular weight is 645 g/mol. The van der Waals surface area contributed by atoms with Crippen LogP contribution in [0.15, 0.2) is 60.8 Å². The van der Waals surface area contributed by atoms with Crippen LogP contribution in [0, 0.1) is 17.6 Å². The molecule has 0 saturated carbocycles. The molecule has 1 aromatic heterocycles. The van der Waals surface area contributed by atoms with Gasteiger partial charge in [0.15, 0.2) is 23.1 Å². The number of aromatic nitrogens is 1. The molecule has 0 bridgehead atoms. The number of carbonyl (C=O) groups is 2.